The van der Waals surface area contributed by atoms with Crippen molar-refractivity contribution in [2.75, 3.05) is 16.8 Å². The van der Waals surface area contributed by atoms with Crippen molar-refractivity contribution in [3.8, 4) is 0 Å². The number of anilines is 1. The number of benzene rings is 1. The van der Waals surface area contributed by atoms with E-state index in [1.165, 1.54) is 0 Å². The van der Waals surface area contributed by atoms with E-state index in [-0.39, 0.29) is 24.0 Å². The van der Waals surface area contributed by atoms with Crippen molar-refractivity contribution >= 4 is 27.3 Å². The van der Waals surface area contributed by atoms with Gasteiger partial charge >= 0.3 is 0 Å². The highest BCUT2D eigenvalue weighted by molar-refractivity contribution is 7.91. The first kappa shape index (κ1) is 16.5. The molecule has 1 heterocycles. The largest absolute Gasteiger partial charge is 0.352 e. The van der Waals surface area contributed by atoms with Gasteiger partial charge in [0, 0.05) is 11.7 Å². The first-order valence-electron chi connectivity index (χ1n) is 7.12. The summed E-state index contributed by atoms with van der Waals surface area (Å²) in [5.74, 6) is -0.818. The molecule has 1 aliphatic heterocycles. The van der Waals surface area contributed by atoms with E-state index >= 15 is 0 Å². The van der Waals surface area contributed by atoms with Crippen molar-refractivity contribution < 1.29 is 18.0 Å². The number of rotatable bonds is 4. The van der Waals surface area contributed by atoms with Crippen molar-refractivity contribution in [3.05, 3.63) is 29.3 Å². The second-order valence-corrected chi connectivity index (χ2v) is 7.94. The van der Waals surface area contributed by atoms with Crippen LogP contribution in [0.15, 0.2) is 18.2 Å². The SMILES string of the molecule is Cc1ccc(C)c(NC(=O)CC(=O)NC2CCS(=O)(=O)C2)c1. The highest BCUT2D eigenvalue weighted by Crippen LogP contribution is 2.16. The Morgan fingerprint density at radius 2 is 1.95 bits per heavy atom. The maximum atomic E-state index is 11.9. The standard InChI is InChI=1S/C15H20N2O4S/c1-10-3-4-11(2)13(7-10)17-15(19)8-14(18)16-12-5-6-22(20,21)9-12/h3-4,7,12H,5-6,8-9H2,1-2H3,(H,16,18)(H,17,19). The van der Waals surface area contributed by atoms with Crippen LogP contribution in [0, 0.1) is 13.8 Å². The second kappa shape index (κ2) is 6.48. The third kappa shape index (κ3) is 4.56. The molecule has 0 radical (unpaired) electrons. The van der Waals surface area contributed by atoms with E-state index < -0.39 is 21.7 Å². The van der Waals surface area contributed by atoms with Gasteiger partial charge in [0.2, 0.25) is 11.8 Å². The van der Waals surface area contributed by atoms with Crippen LogP contribution in [-0.4, -0.2) is 37.8 Å². The number of nitrogens with one attached hydrogen (secondary N) is 2. The van der Waals surface area contributed by atoms with E-state index in [0.29, 0.717) is 12.1 Å². The molecule has 2 N–H and O–H groups in total. The third-order valence-corrected chi connectivity index (χ3v) is 5.35. The summed E-state index contributed by atoms with van der Waals surface area (Å²) >= 11 is 0. The molecule has 22 heavy (non-hydrogen) atoms. The van der Waals surface area contributed by atoms with E-state index in [9.17, 15) is 18.0 Å². The summed E-state index contributed by atoms with van der Waals surface area (Å²) in [6.45, 7) is 3.79. The molecular weight excluding hydrogens is 304 g/mol. The molecule has 1 aromatic rings. The average Bonchev–Trinajstić information content (AvgIpc) is 2.72. The number of hydrogen-bond donors (Lipinski definition) is 2. The van der Waals surface area contributed by atoms with E-state index in [0.717, 1.165) is 11.1 Å². The van der Waals surface area contributed by atoms with Gasteiger partial charge in [0.15, 0.2) is 9.84 Å². The van der Waals surface area contributed by atoms with E-state index in [2.05, 4.69) is 10.6 Å². The number of carbonyl (C=O) groups is 2. The molecule has 1 unspecified atom stereocenters. The molecular formula is C15H20N2O4S. The van der Waals surface area contributed by atoms with Crippen LogP contribution in [0.3, 0.4) is 0 Å². The third-order valence-electron chi connectivity index (χ3n) is 3.59. The quantitative estimate of drug-likeness (QED) is 0.806. The maximum Gasteiger partial charge on any atom is 0.233 e. The molecule has 0 aromatic heterocycles. The van der Waals surface area contributed by atoms with Crippen molar-refractivity contribution in [2.45, 2.75) is 32.7 Å². The Bertz CT molecular complexity index is 697. The topological polar surface area (TPSA) is 92.3 Å². The summed E-state index contributed by atoms with van der Waals surface area (Å²) in [4.78, 5) is 23.7. The van der Waals surface area contributed by atoms with Gasteiger partial charge in [-0.2, -0.15) is 0 Å². The van der Waals surface area contributed by atoms with E-state index in [1.807, 2.05) is 32.0 Å². The minimum Gasteiger partial charge on any atom is -0.352 e. The number of hydrogen-bond acceptors (Lipinski definition) is 4. The predicted octanol–water partition coefficient (Wildman–Crippen LogP) is 0.935. The lowest BCUT2D eigenvalue weighted by atomic mass is 10.1. The molecule has 6 nitrogen and oxygen atoms in total. The van der Waals surface area contributed by atoms with E-state index in [4.69, 9.17) is 0 Å². The van der Waals surface area contributed by atoms with Crippen LogP contribution in [0.5, 0.6) is 0 Å². The predicted molar refractivity (Wildman–Crippen MR) is 84.4 cm³/mol. The molecule has 1 saturated heterocycles. The van der Waals surface area contributed by atoms with Gasteiger partial charge in [-0.1, -0.05) is 12.1 Å². The lowest BCUT2D eigenvalue weighted by Crippen LogP contribution is -2.37. The molecule has 1 aromatic carbocycles. The lowest BCUT2D eigenvalue weighted by molar-refractivity contribution is -0.127. The summed E-state index contributed by atoms with van der Waals surface area (Å²) in [5, 5.41) is 5.30. The molecule has 7 heteroatoms. The molecule has 120 valence electrons. The van der Waals surface area contributed by atoms with Gasteiger partial charge in [0.05, 0.1) is 11.5 Å². The molecule has 1 atom stereocenters. The van der Waals surface area contributed by atoms with Gasteiger partial charge < -0.3 is 10.6 Å². The first-order chi connectivity index (χ1) is 10.2. The summed E-state index contributed by atoms with van der Waals surface area (Å²) < 4.78 is 22.6. The Hall–Kier alpha value is -1.89. The van der Waals surface area contributed by atoms with E-state index in [1.54, 1.807) is 0 Å². The zero-order valence-corrected chi connectivity index (χ0v) is 13.5. The Morgan fingerprint density at radius 3 is 2.59 bits per heavy atom. The van der Waals surface area contributed by atoms with Crippen molar-refractivity contribution in [2.24, 2.45) is 0 Å². The zero-order chi connectivity index (χ0) is 16.3. The Labute approximate surface area is 130 Å². The molecule has 0 aliphatic carbocycles. The molecule has 0 saturated carbocycles. The fourth-order valence-electron chi connectivity index (χ4n) is 2.40. The van der Waals surface area contributed by atoms with Crippen LogP contribution < -0.4 is 10.6 Å². The summed E-state index contributed by atoms with van der Waals surface area (Å²) in [7, 11) is -3.04. The Kier molecular flexibility index (Phi) is 4.85. The number of carbonyl (C=O) groups excluding carboxylic acids is 2. The van der Waals surface area contributed by atoms with Crippen molar-refractivity contribution in [3.63, 3.8) is 0 Å². The second-order valence-electron chi connectivity index (χ2n) is 5.71. The molecule has 0 spiro atoms. The monoisotopic (exact) mass is 324 g/mol. The van der Waals surface area contributed by atoms with Gasteiger partial charge in [-0.3, -0.25) is 9.59 Å². The molecule has 1 aliphatic rings. The fraction of sp³-hybridized carbons (Fsp3) is 0.467. The fourth-order valence-corrected chi connectivity index (χ4v) is 4.07. The normalized spacial score (nSPS) is 19.6. The van der Waals surface area contributed by atoms with Gasteiger partial charge in [-0.05, 0) is 37.5 Å². The van der Waals surface area contributed by atoms with Crippen LogP contribution in [0.1, 0.15) is 24.0 Å². The van der Waals surface area contributed by atoms with Crippen LogP contribution in [0.4, 0.5) is 5.69 Å². The first-order valence-corrected chi connectivity index (χ1v) is 8.94. The number of amides is 2. The average molecular weight is 324 g/mol. The molecule has 0 bridgehead atoms. The summed E-state index contributed by atoms with van der Waals surface area (Å²) in [5.41, 5.74) is 2.61. The Morgan fingerprint density at radius 1 is 1.23 bits per heavy atom. The van der Waals surface area contributed by atoms with Gasteiger partial charge in [-0.15, -0.1) is 0 Å². The smallest absolute Gasteiger partial charge is 0.233 e. The van der Waals surface area contributed by atoms with Crippen LogP contribution in [-0.2, 0) is 19.4 Å². The van der Waals surface area contributed by atoms with Crippen LogP contribution >= 0.6 is 0 Å². The molecule has 2 rings (SSSR count). The zero-order valence-electron chi connectivity index (χ0n) is 12.7. The van der Waals surface area contributed by atoms with Gasteiger partial charge in [0.25, 0.3) is 0 Å². The minimum atomic E-state index is -3.04. The van der Waals surface area contributed by atoms with Crippen molar-refractivity contribution in [1.29, 1.82) is 0 Å². The van der Waals surface area contributed by atoms with Gasteiger partial charge in [0.1, 0.15) is 6.42 Å². The number of sulfone groups is 1. The van der Waals surface area contributed by atoms with Crippen molar-refractivity contribution in [1.82, 2.24) is 5.32 Å². The number of aryl methyl sites for hydroxylation is 2. The maximum absolute atomic E-state index is 11.9. The van der Waals surface area contributed by atoms with Crippen LogP contribution in [0.2, 0.25) is 0 Å². The van der Waals surface area contributed by atoms with Gasteiger partial charge in [-0.25, -0.2) is 8.42 Å². The molecule has 2 amide bonds. The highest BCUT2D eigenvalue weighted by atomic mass is 32.2. The highest BCUT2D eigenvalue weighted by Gasteiger charge is 2.29. The molecule has 1 fully saturated rings. The minimum absolute atomic E-state index is 0.0443. The summed E-state index contributed by atoms with van der Waals surface area (Å²) in [6.07, 6.45) is 0.0939. The summed E-state index contributed by atoms with van der Waals surface area (Å²) in [6, 6.07) is 5.30. The van der Waals surface area contributed by atoms with Crippen LogP contribution in [0.25, 0.3) is 0 Å². The Balaban J connectivity index is 1.86. The lowest BCUT2D eigenvalue weighted by Gasteiger charge is -2.12.